The maximum absolute atomic E-state index is 10.9. The van der Waals surface area contributed by atoms with Crippen LogP contribution in [0.1, 0.15) is 17.5 Å². The number of aryl methyl sites for hydroxylation is 1. The standard InChI is InChI=1S/C25H26ClNO5S2/c26-24-16-23(10-9-20(24)11-12-25(27,18-28)13-14-34(29,30)31)33-22-8-4-7-21(15-22)32-17-19-5-2-1-3-6-19/h1-10,13-16,28H,11-12,17-18,27H2,(H,29,30,31)/b14-13+. The molecule has 0 aliphatic carbocycles. The monoisotopic (exact) mass is 519 g/mol. The molecule has 34 heavy (non-hydrogen) atoms. The molecular formula is C25H26ClNO5S2. The van der Waals surface area contributed by atoms with Crippen LogP contribution in [-0.2, 0) is 23.1 Å². The number of hydrogen-bond donors (Lipinski definition) is 3. The van der Waals surface area contributed by atoms with Crippen molar-refractivity contribution in [2.24, 2.45) is 5.73 Å². The summed E-state index contributed by atoms with van der Waals surface area (Å²) in [5.41, 5.74) is 6.65. The van der Waals surface area contributed by atoms with E-state index in [1.54, 1.807) is 11.8 Å². The van der Waals surface area contributed by atoms with Crippen LogP contribution in [0.15, 0.2) is 94.1 Å². The summed E-state index contributed by atoms with van der Waals surface area (Å²) in [6.07, 6.45) is 1.75. The molecule has 0 aliphatic rings. The molecule has 0 radical (unpaired) electrons. The quantitative estimate of drug-likeness (QED) is 0.302. The Hall–Kier alpha value is -2.33. The molecule has 1 unspecified atom stereocenters. The molecule has 0 heterocycles. The maximum atomic E-state index is 10.9. The lowest BCUT2D eigenvalue weighted by atomic mass is 9.93. The van der Waals surface area contributed by atoms with Gasteiger partial charge >= 0.3 is 0 Å². The molecule has 180 valence electrons. The fourth-order valence-electron chi connectivity index (χ4n) is 3.10. The third-order valence-electron chi connectivity index (χ3n) is 5.04. The van der Waals surface area contributed by atoms with E-state index in [4.69, 9.17) is 26.6 Å². The van der Waals surface area contributed by atoms with Gasteiger partial charge < -0.3 is 15.6 Å². The van der Waals surface area contributed by atoms with Gasteiger partial charge in [-0.2, -0.15) is 8.42 Å². The summed E-state index contributed by atoms with van der Waals surface area (Å²) >= 11 is 8.02. The van der Waals surface area contributed by atoms with Crippen molar-refractivity contribution in [2.45, 2.75) is 34.8 Å². The number of halogens is 1. The fraction of sp³-hybridized carbons (Fsp3) is 0.200. The van der Waals surface area contributed by atoms with E-state index in [0.717, 1.165) is 32.7 Å². The third-order valence-corrected chi connectivity index (χ3v) is 6.85. The van der Waals surface area contributed by atoms with E-state index < -0.39 is 22.3 Å². The minimum Gasteiger partial charge on any atom is -0.489 e. The molecule has 0 aliphatic heterocycles. The Bertz CT molecular complexity index is 1240. The summed E-state index contributed by atoms with van der Waals surface area (Å²) in [5.74, 6) is 0.776. The Morgan fingerprint density at radius 3 is 2.44 bits per heavy atom. The van der Waals surface area contributed by atoms with Crippen molar-refractivity contribution in [3.63, 3.8) is 0 Å². The van der Waals surface area contributed by atoms with Crippen LogP contribution in [0.2, 0.25) is 5.02 Å². The predicted octanol–water partition coefficient (Wildman–Crippen LogP) is 5.09. The first-order chi connectivity index (χ1) is 16.2. The van der Waals surface area contributed by atoms with Gasteiger partial charge in [-0.3, -0.25) is 4.55 Å². The molecular weight excluding hydrogens is 494 g/mol. The van der Waals surface area contributed by atoms with E-state index in [1.165, 1.54) is 0 Å². The number of ether oxygens (including phenoxy) is 1. The second kappa shape index (κ2) is 11.9. The highest BCUT2D eigenvalue weighted by atomic mass is 35.5. The molecule has 0 bridgehead atoms. The van der Waals surface area contributed by atoms with E-state index >= 15 is 0 Å². The second-order valence-corrected chi connectivity index (χ2v) is 10.7. The average Bonchev–Trinajstić information content (AvgIpc) is 2.81. The minimum absolute atomic E-state index is 0.239. The normalized spacial score (nSPS) is 13.6. The van der Waals surface area contributed by atoms with Crippen LogP contribution in [0.3, 0.4) is 0 Å². The van der Waals surface area contributed by atoms with Crippen molar-refractivity contribution >= 4 is 33.5 Å². The van der Waals surface area contributed by atoms with Gasteiger partial charge in [-0.05, 0) is 60.4 Å². The molecule has 0 amide bonds. The van der Waals surface area contributed by atoms with Crippen LogP contribution < -0.4 is 10.5 Å². The van der Waals surface area contributed by atoms with E-state index in [1.807, 2.05) is 72.8 Å². The number of nitrogens with two attached hydrogens (primary N) is 1. The Labute approximate surface area is 209 Å². The highest BCUT2D eigenvalue weighted by molar-refractivity contribution is 7.99. The zero-order valence-electron chi connectivity index (χ0n) is 18.3. The van der Waals surface area contributed by atoms with E-state index in [0.29, 0.717) is 23.5 Å². The molecule has 0 saturated heterocycles. The minimum atomic E-state index is -4.32. The zero-order valence-corrected chi connectivity index (χ0v) is 20.7. The maximum Gasteiger partial charge on any atom is 0.287 e. The summed E-state index contributed by atoms with van der Waals surface area (Å²) in [7, 11) is -4.32. The number of benzene rings is 3. The molecule has 3 aromatic rings. The van der Waals surface area contributed by atoms with Crippen LogP contribution in [-0.4, -0.2) is 30.2 Å². The number of aliphatic hydroxyl groups excluding tert-OH is 1. The SMILES string of the molecule is NC(/C=C/S(=O)(=O)O)(CO)CCc1ccc(Sc2cccc(OCc3ccccc3)c2)cc1Cl. The Kier molecular flexibility index (Phi) is 9.18. The molecule has 0 fully saturated rings. The van der Waals surface area contributed by atoms with Gasteiger partial charge in [0.1, 0.15) is 12.4 Å². The molecule has 3 rings (SSSR count). The van der Waals surface area contributed by atoms with Crippen LogP contribution in [0.5, 0.6) is 5.75 Å². The molecule has 3 aromatic carbocycles. The molecule has 4 N–H and O–H groups in total. The molecule has 6 nitrogen and oxygen atoms in total. The summed E-state index contributed by atoms with van der Waals surface area (Å²) in [5, 5.41) is 10.7. The first-order valence-corrected chi connectivity index (χ1v) is 13.2. The number of rotatable bonds is 11. The van der Waals surface area contributed by atoms with Crippen LogP contribution in [0.4, 0.5) is 0 Å². The van der Waals surface area contributed by atoms with Gasteiger partial charge in [0.2, 0.25) is 0 Å². The average molecular weight is 520 g/mol. The second-order valence-electron chi connectivity index (χ2n) is 7.81. The zero-order chi connectivity index (χ0) is 24.6. The van der Waals surface area contributed by atoms with Gasteiger partial charge in [-0.15, -0.1) is 0 Å². The van der Waals surface area contributed by atoms with Gasteiger partial charge in [0, 0.05) is 14.8 Å². The van der Waals surface area contributed by atoms with Crippen molar-refractivity contribution < 1.29 is 22.8 Å². The lowest BCUT2D eigenvalue weighted by Crippen LogP contribution is -2.42. The van der Waals surface area contributed by atoms with E-state index in [-0.39, 0.29) is 6.42 Å². The van der Waals surface area contributed by atoms with Crippen molar-refractivity contribution in [1.29, 1.82) is 0 Å². The van der Waals surface area contributed by atoms with Gasteiger partial charge in [0.25, 0.3) is 10.1 Å². The third kappa shape index (κ3) is 8.47. The van der Waals surface area contributed by atoms with E-state index in [2.05, 4.69) is 0 Å². The largest absolute Gasteiger partial charge is 0.489 e. The van der Waals surface area contributed by atoms with Gasteiger partial charge in [-0.25, -0.2) is 0 Å². The Morgan fingerprint density at radius 1 is 1.03 bits per heavy atom. The van der Waals surface area contributed by atoms with Crippen LogP contribution >= 0.6 is 23.4 Å². The highest BCUT2D eigenvalue weighted by Crippen LogP contribution is 2.33. The smallest absolute Gasteiger partial charge is 0.287 e. The molecule has 1 atom stereocenters. The Balaban J connectivity index is 1.62. The summed E-state index contributed by atoms with van der Waals surface area (Å²) < 4.78 is 36.6. The number of hydrogen-bond acceptors (Lipinski definition) is 6. The topological polar surface area (TPSA) is 110 Å². The van der Waals surface area contributed by atoms with Crippen LogP contribution in [0.25, 0.3) is 0 Å². The Morgan fingerprint density at radius 2 is 1.76 bits per heavy atom. The number of aliphatic hydroxyl groups is 1. The molecule has 0 saturated carbocycles. The lowest BCUT2D eigenvalue weighted by Gasteiger charge is -2.23. The summed E-state index contributed by atoms with van der Waals surface area (Å²) in [6, 6.07) is 23.5. The first kappa shape index (κ1) is 26.3. The molecule has 0 aromatic heterocycles. The van der Waals surface area contributed by atoms with Gasteiger partial charge in [-0.1, -0.05) is 65.8 Å². The lowest BCUT2D eigenvalue weighted by molar-refractivity contribution is 0.220. The van der Waals surface area contributed by atoms with Crippen molar-refractivity contribution in [1.82, 2.24) is 0 Å². The summed E-state index contributed by atoms with van der Waals surface area (Å²) in [4.78, 5) is 1.95. The van der Waals surface area contributed by atoms with Crippen LogP contribution in [0, 0.1) is 0 Å². The first-order valence-electron chi connectivity index (χ1n) is 10.5. The van der Waals surface area contributed by atoms with E-state index in [9.17, 15) is 13.5 Å². The van der Waals surface area contributed by atoms with Crippen molar-refractivity contribution in [3.05, 3.63) is 100 Å². The fourth-order valence-corrected chi connectivity index (χ4v) is 4.79. The summed E-state index contributed by atoms with van der Waals surface area (Å²) in [6.45, 7) is 0.0125. The van der Waals surface area contributed by atoms with Gasteiger partial charge in [0.05, 0.1) is 17.6 Å². The van der Waals surface area contributed by atoms with Gasteiger partial charge in [0.15, 0.2) is 0 Å². The van der Waals surface area contributed by atoms with Crippen molar-refractivity contribution in [3.8, 4) is 5.75 Å². The molecule has 0 spiro atoms. The molecule has 9 heteroatoms. The van der Waals surface area contributed by atoms with Crippen molar-refractivity contribution in [2.75, 3.05) is 6.61 Å². The predicted molar refractivity (Wildman–Crippen MR) is 136 cm³/mol. The highest BCUT2D eigenvalue weighted by Gasteiger charge is 2.22.